The lowest BCUT2D eigenvalue weighted by atomic mass is 10.2. The van der Waals surface area contributed by atoms with Crippen molar-refractivity contribution in [2.45, 2.75) is 19.0 Å². The highest BCUT2D eigenvalue weighted by Crippen LogP contribution is 2.32. The molecule has 0 aliphatic heterocycles. The summed E-state index contributed by atoms with van der Waals surface area (Å²) in [6.45, 7) is -0.157. The van der Waals surface area contributed by atoms with Crippen LogP contribution in [0.4, 0.5) is 23.4 Å². The Morgan fingerprint density at radius 1 is 1.17 bits per heavy atom. The lowest BCUT2D eigenvalue weighted by Crippen LogP contribution is -2.28. The van der Waals surface area contributed by atoms with E-state index < -0.39 is 23.5 Å². The Morgan fingerprint density at radius 2 is 1.93 bits per heavy atom. The fourth-order valence-electron chi connectivity index (χ4n) is 2.44. The second-order valence-electron chi connectivity index (χ2n) is 6.44. The lowest BCUT2D eigenvalue weighted by molar-refractivity contribution is -0.137. The number of aromatic nitrogens is 1. The second kappa shape index (κ2) is 8.46. The quantitative estimate of drug-likeness (QED) is 0.541. The van der Waals surface area contributed by atoms with Crippen LogP contribution in [-0.4, -0.2) is 29.9 Å². The molecule has 6 nitrogen and oxygen atoms in total. The van der Waals surface area contributed by atoms with E-state index in [9.17, 15) is 27.2 Å². The molecule has 2 amide bonds. The number of hydrogen-bond donors (Lipinski definition) is 2. The van der Waals surface area contributed by atoms with Crippen LogP contribution in [0.15, 0.2) is 36.5 Å². The molecule has 1 heterocycles. The summed E-state index contributed by atoms with van der Waals surface area (Å²) in [6.07, 6.45) is -1.59. The number of pyridine rings is 1. The molecule has 2 aromatic rings. The van der Waals surface area contributed by atoms with Gasteiger partial charge in [0, 0.05) is 17.7 Å². The second-order valence-corrected chi connectivity index (χ2v) is 6.44. The fraction of sp³-hybridized carbons (Fsp3) is 0.316. The maximum atomic E-state index is 13.7. The summed E-state index contributed by atoms with van der Waals surface area (Å²) in [5.41, 5.74) is -0.857. The monoisotopic (exact) mass is 411 g/mol. The minimum Gasteiger partial charge on any atom is -0.489 e. The summed E-state index contributed by atoms with van der Waals surface area (Å²) in [5, 5.41) is 5.17. The van der Waals surface area contributed by atoms with Crippen molar-refractivity contribution < 1.29 is 31.9 Å². The van der Waals surface area contributed by atoms with Crippen LogP contribution in [0.25, 0.3) is 0 Å². The van der Waals surface area contributed by atoms with Crippen molar-refractivity contribution in [3.63, 3.8) is 0 Å². The molecular weight excluding hydrogens is 394 g/mol. The van der Waals surface area contributed by atoms with Gasteiger partial charge in [-0.25, -0.2) is 9.37 Å². The summed E-state index contributed by atoms with van der Waals surface area (Å²) < 4.78 is 56.3. The molecule has 1 aliphatic carbocycles. The van der Waals surface area contributed by atoms with Gasteiger partial charge in [0.05, 0.1) is 12.1 Å². The lowest BCUT2D eigenvalue weighted by Gasteiger charge is -2.11. The number of nitrogens with zero attached hydrogens (tertiary/aromatic N) is 1. The van der Waals surface area contributed by atoms with Crippen molar-refractivity contribution in [2.75, 3.05) is 18.5 Å². The zero-order valence-electron chi connectivity index (χ0n) is 15.1. The van der Waals surface area contributed by atoms with E-state index in [0.29, 0.717) is 12.1 Å². The van der Waals surface area contributed by atoms with E-state index >= 15 is 0 Å². The predicted octanol–water partition coefficient (Wildman–Crippen LogP) is 3.40. The Labute approximate surface area is 163 Å². The molecule has 0 bridgehead atoms. The van der Waals surface area contributed by atoms with Crippen LogP contribution in [0.3, 0.4) is 0 Å². The van der Waals surface area contributed by atoms with Crippen LogP contribution in [0.1, 0.15) is 28.8 Å². The third kappa shape index (κ3) is 5.66. The van der Waals surface area contributed by atoms with Crippen LogP contribution >= 0.6 is 0 Å². The molecule has 1 aromatic carbocycles. The summed E-state index contributed by atoms with van der Waals surface area (Å²) >= 11 is 0. The van der Waals surface area contributed by atoms with E-state index in [-0.39, 0.29) is 42.1 Å². The molecule has 154 valence electrons. The first kappa shape index (κ1) is 20.6. The molecule has 0 radical (unpaired) electrons. The number of amides is 2. The minimum absolute atomic E-state index is 0.00276. The standard InChI is InChI=1S/C19H17F4N3O3/c20-14-10-13(19(21,22)23)3-4-15(14)29-8-7-25-17(27)12-5-6-24-16(9-12)26-18(28)11-1-2-11/h3-6,9-11H,1-2,7-8H2,(H,25,27)(H,24,26,28). The van der Waals surface area contributed by atoms with Crippen molar-refractivity contribution in [1.82, 2.24) is 10.3 Å². The molecule has 1 aliphatic rings. The number of anilines is 1. The Bertz CT molecular complexity index is 914. The van der Waals surface area contributed by atoms with Gasteiger partial charge in [-0.1, -0.05) is 0 Å². The minimum atomic E-state index is -4.64. The van der Waals surface area contributed by atoms with Gasteiger partial charge < -0.3 is 15.4 Å². The van der Waals surface area contributed by atoms with E-state index in [1.54, 1.807) is 0 Å². The number of ether oxygens (including phenoxy) is 1. The molecule has 2 N–H and O–H groups in total. The first-order valence-corrected chi connectivity index (χ1v) is 8.78. The number of alkyl halides is 3. The molecule has 10 heteroatoms. The normalized spacial score (nSPS) is 13.7. The van der Waals surface area contributed by atoms with Crippen molar-refractivity contribution >= 4 is 17.6 Å². The summed E-state index contributed by atoms with van der Waals surface area (Å²) in [4.78, 5) is 27.9. The van der Waals surface area contributed by atoms with Crippen molar-refractivity contribution in [2.24, 2.45) is 5.92 Å². The molecule has 0 saturated heterocycles. The summed E-state index contributed by atoms with van der Waals surface area (Å²) in [6, 6.07) is 4.83. The molecule has 0 spiro atoms. The first-order valence-electron chi connectivity index (χ1n) is 8.78. The molecule has 1 saturated carbocycles. The van der Waals surface area contributed by atoms with Gasteiger partial charge in [-0.05, 0) is 43.2 Å². The van der Waals surface area contributed by atoms with Crippen LogP contribution in [0.2, 0.25) is 0 Å². The maximum absolute atomic E-state index is 13.7. The number of nitrogens with one attached hydrogen (secondary N) is 2. The van der Waals surface area contributed by atoms with Gasteiger partial charge in [0.2, 0.25) is 5.91 Å². The highest BCUT2D eigenvalue weighted by molar-refractivity contribution is 5.97. The Hall–Kier alpha value is -3.17. The zero-order chi connectivity index (χ0) is 21.0. The van der Waals surface area contributed by atoms with Gasteiger partial charge in [-0.3, -0.25) is 9.59 Å². The largest absolute Gasteiger partial charge is 0.489 e. The van der Waals surface area contributed by atoms with Crippen molar-refractivity contribution in [3.05, 3.63) is 53.5 Å². The topological polar surface area (TPSA) is 80.3 Å². The number of benzene rings is 1. The predicted molar refractivity (Wildman–Crippen MR) is 94.8 cm³/mol. The molecule has 1 fully saturated rings. The molecule has 0 atom stereocenters. The number of halogens is 4. The smallest absolute Gasteiger partial charge is 0.416 e. The number of carbonyl (C=O) groups excluding carboxylic acids is 2. The average Bonchev–Trinajstić information content (AvgIpc) is 3.51. The van der Waals surface area contributed by atoms with E-state index in [2.05, 4.69) is 15.6 Å². The Kier molecular flexibility index (Phi) is 6.00. The van der Waals surface area contributed by atoms with Crippen LogP contribution in [0.5, 0.6) is 5.75 Å². The summed E-state index contributed by atoms with van der Waals surface area (Å²) in [7, 11) is 0. The van der Waals surface area contributed by atoms with Crippen LogP contribution in [-0.2, 0) is 11.0 Å². The summed E-state index contributed by atoms with van der Waals surface area (Å²) in [5.74, 6) is -1.83. The van der Waals surface area contributed by atoms with E-state index in [1.807, 2.05) is 0 Å². The molecular formula is C19H17F4N3O3. The number of rotatable bonds is 7. The van der Waals surface area contributed by atoms with Gasteiger partial charge >= 0.3 is 6.18 Å². The molecule has 1 aromatic heterocycles. The van der Waals surface area contributed by atoms with Crippen molar-refractivity contribution in [1.29, 1.82) is 0 Å². The van der Waals surface area contributed by atoms with E-state index in [4.69, 9.17) is 4.74 Å². The van der Waals surface area contributed by atoms with Crippen LogP contribution < -0.4 is 15.4 Å². The Balaban J connectivity index is 1.48. The van der Waals surface area contributed by atoms with Gasteiger partial charge in [0.25, 0.3) is 5.91 Å². The van der Waals surface area contributed by atoms with Crippen molar-refractivity contribution in [3.8, 4) is 5.75 Å². The number of carbonyl (C=O) groups is 2. The average molecular weight is 411 g/mol. The Morgan fingerprint density at radius 3 is 2.59 bits per heavy atom. The van der Waals surface area contributed by atoms with E-state index in [0.717, 1.165) is 18.9 Å². The molecule has 0 unspecified atom stereocenters. The van der Waals surface area contributed by atoms with Gasteiger partial charge in [0.1, 0.15) is 12.4 Å². The third-order valence-electron chi connectivity index (χ3n) is 4.13. The van der Waals surface area contributed by atoms with Gasteiger partial charge in [-0.15, -0.1) is 0 Å². The first-order chi connectivity index (χ1) is 13.7. The highest BCUT2D eigenvalue weighted by atomic mass is 19.4. The molecule has 3 rings (SSSR count). The highest BCUT2D eigenvalue weighted by Gasteiger charge is 2.31. The number of hydrogen-bond acceptors (Lipinski definition) is 4. The fourth-order valence-corrected chi connectivity index (χ4v) is 2.44. The van der Waals surface area contributed by atoms with Gasteiger partial charge in [0.15, 0.2) is 11.6 Å². The van der Waals surface area contributed by atoms with Gasteiger partial charge in [-0.2, -0.15) is 13.2 Å². The SMILES string of the molecule is O=C(NCCOc1ccc(C(F)(F)F)cc1F)c1ccnc(NC(=O)C2CC2)c1. The van der Waals surface area contributed by atoms with E-state index in [1.165, 1.54) is 18.3 Å². The molecule has 29 heavy (non-hydrogen) atoms. The van der Waals surface area contributed by atoms with Crippen LogP contribution in [0, 0.1) is 11.7 Å². The zero-order valence-corrected chi connectivity index (χ0v) is 15.1. The third-order valence-corrected chi connectivity index (χ3v) is 4.13. The maximum Gasteiger partial charge on any atom is 0.416 e.